The molecule has 27 heavy (non-hydrogen) atoms. The lowest BCUT2D eigenvalue weighted by Gasteiger charge is -2.34. The van der Waals surface area contributed by atoms with Crippen LogP contribution in [0.25, 0.3) is 0 Å². The fourth-order valence-electron chi connectivity index (χ4n) is 3.76. The molecule has 4 nitrogen and oxygen atoms in total. The summed E-state index contributed by atoms with van der Waals surface area (Å²) in [6.07, 6.45) is 5.26. The monoisotopic (exact) mass is 423 g/mol. The number of amides is 1. The Labute approximate surface area is 167 Å². The average molecular weight is 424 g/mol. The topological polar surface area (TPSA) is 38.1 Å². The molecule has 1 aromatic heterocycles. The van der Waals surface area contributed by atoms with Gasteiger partial charge in [-0.05, 0) is 40.8 Å². The van der Waals surface area contributed by atoms with Crippen LogP contribution in [-0.4, -0.2) is 27.1 Å². The van der Waals surface area contributed by atoms with E-state index in [-0.39, 0.29) is 11.8 Å². The molecule has 1 amide bonds. The van der Waals surface area contributed by atoms with Crippen LogP contribution in [0.1, 0.15) is 34.6 Å². The molecule has 2 heterocycles. The molecule has 0 fully saturated rings. The van der Waals surface area contributed by atoms with Crippen molar-refractivity contribution in [3.05, 3.63) is 87.7 Å². The summed E-state index contributed by atoms with van der Waals surface area (Å²) in [4.78, 5) is 14.9. The van der Waals surface area contributed by atoms with Crippen molar-refractivity contribution in [2.45, 2.75) is 25.3 Å². The maximum Gasteiger partial charge on any atom is 0.223 e. The van der Waals surface area contributed by atoms with Crippen molar-refractivity contribution in [1.82, 2.24) is 14.7 Å². The van der Waals surface area contributed by atoms with Gasteiger partial charge in [0, 0.05) is 43.1 Å². The first-order valence-electron chi connectivity index (χ1n) is 9.19. The Morgan fingerprint density at radius 1 is 1.19 bits per heavy atom. The zero-order valence-corrected chi connectivity index (χ0v) is 16.9. The lowest BCUT2D eigenvalue weighted by molar-refractivity contribution is -0.132. The highest BCUT2D eigenvalue weighted by atomic mass is 79.9. The third-order valence-electron chi connectivity index (χ3n) is 5.22. The molecule has 0 aliphatic carbocycles. The molecule has 0 bridgehead atoms. The van der Waals surface area contributed by atoms with Gasteiger partial charge in [0.2, 0.25) is 5.91 Å². The molecule has 0 saturated heterocycles. The number of carbonyl (C=O) groups is 1. The van der Waals surface area contributed by atoms with Crippen LogP contribution in [0.5, 0.6) is 0 Å². The summed E-state index contributed by atoms with van der Waals surface area (Å²) in [5, 5.41) is 4.33. The molecule has 1 atom stereocenters. The zero-order valence-electron chi connectivity index (χ0n) is 15.3. The second kappa shape index (κ2) is 7.69. The fourth-order valence-corrected chi connectivity index (χ4v) is 4.03. The Bertz CT molecular complexity index is 948. The molecule has 0 saturated carbocycles. The van der Waals surface area contributed by atoms with Gasteiger partial charge in [0.1, 0.15) is 0 Å². The van der Waals surface area contributed by atoms with Gasteiger partial charge in [-0.2, -0.15) is 5.10 Å². The number of benzene rings is 2. The average Bonchev–Trinajstić information content (AvgIpc) is 3.12. The van der Waals surface area contributed by atoms with Gasteiger partial charge in [-0.15, -0.1) is 0 Å². The number of aromatic nitrogens is 2. The van der Waals surface area contributed by atoms with E-state index in [1.807, 2.05) is 35.0 Å². The van der Waals surface area contributed by atoms with E-state index in [0.717, 1.165) is 16.5 Å². The summed E-state index contributed by atoms with van der Waals surface area (Å²) in [6.45, 7) is 1.40. The standard InChI is InChI=1S/C22H22BrN3O/c1-25-13-18(12-24-25)21-15-26(14-17-4-2-3-5-20(17)21)22(27)11-8-16-6-9-19(23)10-7-16/h2-7,9-10,12-13,21H,8,11,14-15H2,1H3. The first-order valence-corrected chi connectivity index (χ1v) is 9.98. The van der Waals surface area contributed by atoms with Crippen molar-refractivity contribution >= 4 is 21.8 Å². The molecule has 0 spiro atoms. The molecule has 0 radical (unpaired) electrons. The molecule has 2 aromatic carbocycles. The Morgan fingerprint density at radius 2 is 1.96 bits per heavy atom. The summed E-state index contributed by atoms with van der Waals surface area (Å²) in [7, 11) is 1.93. The zero-order chi connectivity index (χ0) is 18.8. The number of hydrogen-bond acceptors (Lipinski definition) is 2. The number of carbonyl (C=O) groups excluding carboxylic acids is 1. The lowest BCUT2D eigenvalue weighted by Crippen LogP contribution is -2.38. The molecular formula is C22H22BrN3O. The van der Waals surface area contributed by atoms with Crippen molar-refractivity contribution in [1.29, 1.82) is 0 Å². The first kappa shape index (κ1) is 18.0. The van der Waals surface area contributed by atoms with Crippen molar-refractivity contribution in [3.63, 3.8) is 0 Å². The largest absolute Gasteiger partial charge is 0.337 e. The van der Waals surface area contributed by atoms with Gasteiger partial charge in [-0.1, -0.05) is 52.3 Å². The molecular weight excluding hydrogens is 402 g/mol. The fraction of sp³-hybridized carbons (Fsp3) is 0.273. The molecule has 1 aliphatic rings. The van der Waals surface area contributed by atoms with Crippen LogP contribution >= 0.6 is 15.9 Å². The van der Waals surface area contributed by atoms with E-state index in [4.69, 9.17) is 0 Å². The molecule has 4 rings (SSSR count). The Kier molecular flexibility index (Phi) is 5.12. The molecule has 5 heteroatoms. The highest BCUT2D eigenvalue weighted by Crippen LogP contribution is 2.33. The van der Waals surface area contributed by atoms with Crippen LogP contribution < -0.4 is 0 Å². The summed E-state index contributed by atoms with van der Waals surface area (Å²) in [5.74, 6) is 0.390. The van der Waals surface area contributed by atoms with Crippen LogP contribution in [0.3, 0.4) is 0 Å². The summed E-state index contributed by atoms with van der Waals surface area (Å²) < 4.78 is 2.89. The van der Waals surface area contributed by atoms with Crippen molar-refractivity contribution in [3.8, 4) is 0 Å². The number of aryl methyl sites for hydroxylation is 2. The second-order valence-electron chi connectivity index (χ2n) is 7.10. The van der Waals surface area contributed by atoms with Crippen LogP contribution in [0.4, 0.5) is 0 Å². The Morgan fingerprint density at radius 3 is 2.70 bits per heavy atom. The lowest BCUT2D eigenvalue weighted by atomic mass is 9.86. The summed E-state index contributed by atoms with van der Waals surface area (Å²) >= 11 is 3.45. The number of hydrogen-bond donors (Lipinski definition) is 0. The molecule has 1 aliphatic heterocycles. The number of nitrogens with zero attached hydrogens (tertiary/aromatic N) is 3. The van der Waals surface area contributed by atoms with Crippen LogP contribution in [0, 0.1) is 0 Å². The Hall–Kier alpha value is -2.40. The second-order valence-corrected chi connectivity index (χ2v) is 8.02. The van der Waals surface area contributed by atoms with Gasteiger partial charge in [0.15, 0.2) is 0 Å². The van der Waals surface area contributed by atoms with Gasteiger partial charge >= 0.3 is 0 Å². The van der Waals surface area contributed by atoms with Crippen LogP contribution in [0.15, 0.2) is 65.4 Å². The van der Waals surface area contributed by atoms with Crippen LogP contribution in [0.2, 0.25) is 0 Å². The first-order chi connectivity index (χ1) is 13.1. The van der Waals surface area contributed by atoms with E-state index >= 15 is 0 Å². The van der Waals surface area contributed by atoms with E-state index in [0.29, 0.717) is 19.5 Å². The Balaban J connectivity index is 1.51. The molecule has 138 valence electrons. The minimum absolute atomic E-state index is 0.181. The van der Waals surface area contributed by atoms with E-state index < -0.39 is 0 Å². The van der Waals surface area contributed by atoms with Crippen LogP contribution in [-0.2, 0) is 24.8 Å². The van der Waals surface area contributed by atoms with Crippen molar-refractivity contribution in [2.75, 3.05) is 6.54 Å². The highest BCUT2D eigenvalue weighted by molar-refractivity contribution is 9.10. The SMILES string of the molecule is Cn1cc(C2CN(C(=O)CCc3ccc(Br)cc3)Cc3ccccc32)cn1. The van der Waals surface area contributed by atoms with E-state index in [9.17, 15) is 4.79 Å². The van der Waals surface area contributed by atoms with Crippen molar-refractivity contribution < 1.29 is 4.79 Å². The molecule has 0 N–H and O–H groups in total. The van der Waals surface area contributed by atoms with E-state index in [1.54, 1.807) is 0 Å². The number of rotatable bonds is 4. The predicted octanol–water partition coefficient (Wildman–Crippen LogP) is 4.29. The van der Waals surface area contributed by atoms with Gasteiger partial charge in [0.05, 0.1) is 6.20 Å². The van der Waals surface area contributed by atoms with E-state index in [2.05, 4.69) is 63.6 Å². The smallest absolute Gasteiger partial charge is 0.223 e. The maximum atomic E-state index is 12.9. The number of fused-ring (bicyclic) bond motifs is 1. The normalized spacial score (nSPS) is 16.2. The summed E-state index contributed by atoms with van der Waals surface area (Å²) in [5.41, 5.74) is 4.89. The predicted molar refractivity (Wildman–Crippen MR) is 109 cm³/mol. The van der Waals surface area contributed by atoms with Gasteiger partial charge in [0.25, 0.3) is 0 Å². The van der Waals surface area contributed by atoms with E-state index in [1.165, 1.54) is 16.7 Å². The number of halogens is 1. The third kappa shape index (κ3) is 3.98. The molecule has 3 aromatic rings. The quantitative estimate of drug-likeness (QED) is 0.627. The van der Waals surface area contributed by atoms with Crippen molar-refractivity contribution in [2.24, 2.45) is 7.05 Å². The minimum atomic E-state index is 0.181. The highest BCUT2D eigenvalue weighted by Gasteiger charge is 2.29. The third-order valence-corrected chi connectivity index (χ3v) is 5.74. The minimum Gasteiger partial charge on any atom is -0.337 e. The van der Waals surface area contributed by atoms with Gasteiger partial charge in [-0.3, -0.25) is 9.48 Å². The summed E-state index contributed by atoms with van der Waals surface area (Å²) in [6, 6.07) is 16.6. The van der Waals surface area contributed by atoms with Gasteiger partial charge < -0.3 is 4.90 Å². The molecule has 1 unspecified atom stereocenters. The van der Waals surface area contributed by atoms with Gasteiger partial charge in [-0.25, -0.2) is 0 Å². The maximum absolute atomic E-state index is 12.9.